The monoisotopic (exact) mass is 449 g/mol. The molecule has 1 aromatic carbocycles. The molecule has 4 rings (SSSR count). The molecule has 1 fully saturated rings. The number of benzene rings is 1. The van der Waals surface area contributed by atoms with E-state index >= 15 is 0 Å². The van der Waals surface area contributed by atoms with Crippen LogP contribution in [0.5, 0.6) is 0 Å². The summed E-state index contributed by atoms with van der Waals surface area (Å²) in [5.74, 6) is 3.03. The molecule has 0 spiro atoms. The lowest BCUT2D eigenvalue weighted by Crippen LogP contribution is -2.41. The van der Waals surface area contributed by atoms with Crippen LogP contribution in [0.1, 0.15) is 56.8 Å². The zero-order valence-electron chi connectivity index (χ0n) is 20.6. The summed E-state index contributed by atoms with van der Waals surface area (Å²) < 4.78 is 11.9. The first kappa shape index (κ1) is 23.8. The zero-order valence-corrected chi connectivity index (χ0v) is 20.6. The number of anilines is 1. The molecule has 1 aliphatic carbocycles. The van der Waals surface area contributed by atoms with Gasteiger partial charge in [0.25, 0.3) is 0 Å². The fourth-order valence-electron chi connectivity index (χ4n) is 5.00. The predicted molar refractivity (Wildman–Crippen MR) is 137 cm³/mol. The topological polar surface area (TPSA) is 59.3 Å². The van der Waals surface area contributed by atoms with Gasteiger partial charge in [-0.15, -0.1) is 0 Å². The number of pyridine rings is 1. The van der Waals surface area contributed by atoms with Crippen molar-refractivity contribution in [3.63, 3.8) is 0 Å². The quantitative estimate of drug-likeness (QED) is 0.371. The minimum absolute atomic E-state index is 0.104. The molecule has 1 aliphatic rings. The SMILES string of the molecule is CC[C@@H](CNC1CCCCC1)[C@H](CNc1nc2ccc(C)cc2cc1-c1ccc(C)o1)OC. The molecule has 2 atom stereocenters. The standard InChI is InChI=1S/C28H39N3O2/c1-5-21(17-29-23-9-7-6-8-10-23)27(32-4)18-30-28-24(26-14-12-20(3)33-26)16-22-15-19(2)11-13-25(22)31-28/h11-16,21,23,27,29H,5-10,17-18H2,1-4H3,(H,30,31)/t21-,27-/m0/s1. The third kappa shape index (κ3) is 5.96. The fraction of sp³-hybridized carbons (Fsp3) is 0.536. The molecule has 0 radical (unpaired) electrons. The van der Waals surface area contributed by atoms with E-state index < -0.39 is 0 Å². The summed E-state index contributed by atoms with van der Waals surface area (Å²) >= 11 is 0. The maximum absolute atomic E-state index is 5.98. The number of hydrogen-bond acceptors (Lipinski definition) is 5. The van der Waals surface area contributed by atoms with Crippen molar-refractivity contribution in [3.05, 3.63) is 47.7 Å². The molecule has 0 saturated heterocycles. The van der Waals surface area contributed by atoms with Gasteiger partial charge in [0.05, 0.1) is 17.2 Å². The van der Waals surface area contributed by atoms with Gasteiger partial charge in [-0.05, 0) is 69.4 Å². The van der Waals surface area contributed by atoms with Crippen LogP contribution in [0.2, 0.25) is 0 Å². The van der Waals surface area contributed by atoms with Crippen LogP contribution in [0, 0.1) is 19.8 Å². The number of ether oxygens (including phenoxy) is 1. The van der Waals surface area contributed by atoms with Gasteiger partial charge in [-0.1, -0.05) is 37.8 Å². The Balaban J connectivity index is 1.51. The van der Waals surface area contributed by atoms with Crippen LogP contribution in [0.4, 0.5) is 5.82 Å². The maximum atomic E-state index is 5.98. The lowest BCUT2D eigenvalue weighted by molar-refractivity contribution is 0.0583. The van der Waals surface area contributed by atoms with Crippen molar-refractivity contribution in [2.75, 3.05) is 25.5 Å². The van der Waals surface area contributed by atoms with E-state index in [1.807, 2.05) is 26.2 Å². The third-order valence-corrected chi connectivity index (χ3v) is 7.07. The number of aromatic nitrogens is 1. The van der Waals surface area contributed by atoms with Crippen LogP contribution >= 0.6 is 0 Å². The molecule has 33 heavy (non-hydrogen) atoms. The van der Waals surface area contributed by atoms with Crippen LogP contribution in [0.3, 0.4) is 0 Å². The van der Waals surface area contributed by atoms with E-state index in [1.165, 1.54) is 37.7 Å². The minimum atomic E-state index is 0.104. The van der Waals surface area contributed by atoms with E-state index in [2.05, 4.69) is 48.7 Å². The second kappa shape index (κ2) is 11.2. The average molecular weight is 450 g/mol. The number of nitrogens with one attached hydrogen (secondary N) is 2. The second-order valence-electron chi connectivity index (χ2n) is 9.56. The van der Waals surface area contributed by atoms with Crippen molar-refractivity contribution < 1.29 is 9.15 Å². The van der Waals surface area contributed by atoms with E-state index in [4.69, 9.17) is 14.1 Å². The number of furan rings is 1. The molecular weight excluding hydrogens is 410 g/mol. The molecule has 178 valence electrons. The van der Waals surface area contributed by atoms with E-state index in [0.717, 1.165) is 46.8 Å². The summed E-state index contributed by atoms with van der Waals surface area (Å²) in [5, 5.41) is 8.55. The zero-order chi connectivity index (χ0) is 23.2. The molecule has 2 aromatic heterocycles. The molecule has 2 N–H and O–H groups in total. The number of nitrogens with zero attached hydrogens (tertiary/aromatic N) is 1. The highest BCUT2D eigenvalue weighted by Gasteiger charge is 2.23. The summed E-state index contributed by atoms with van der Waals surface area (Å²) in [6.07, 6.45) is 7.88. The summed E-state index contributed by atoms with van der Waals surface area (Å²) in [4.78, 5) is 4.97. The van der Waals surface area contributed by atoms with Gasteiger partial charge in [-0.3, -0.25) is 0 Å². The second-order valence-corrected chi connectivity index (χ2v) is 9.56. The maximum Gasteiger partial charge on any atom is 0.137 e. The molecule has 0 aliphatic heterocycles. The summed E-state index contributed by atoms with van der Waals surface area (Å²) in [6, 6.07) is 13.2. The number of aryl methyl sites for hydroxylation is 2. The van der Waals surface area contributed by atoms with Gasteiger partial charge >= 0.3 is 0 Å². The van der Waals surface area contributed by atoms with Crippen LogP contribution < -0.4 is 10.6 Å². The lowest BCUT2D eigenvalue weighted by atomic mass is 9.93. The van der Waals surface area contributed by atoms with E-state index in [-0.39, 0.29) is 6.10 Å². The number of methoxy groups -OCH3 is 1. The Bertz CT molecular complexity index is 1040. The summed E-state index contributed by atoms with van der Waals surface area (Å²) in [7, 11) is 1.82. The van der Waals surface area contributed by atoms with Gasteiger partial charge in [-0.2, -0.15) is 0 Å². The van der Waals surface area contributed by atoms with Crippen LogP contribution in [-0.4, -0.2) is 37.3 Å². The molecule has 0 amide bonds. The van der Waals surface area contributed by atoms with Gasteiger partial charge in [0.2, 0.25) is 0 Å². The Morgan fingerprint density at radius 3 is 2.58 bits per heavy atom. The highest BCUT2D eigenvalue weighted by atomic mass is 16.5. The number of hydrogen-bond donors (Lipinski definition) is 2. The third-order valence-electron chi connectivity index (χ3n) is 7.07. The van der Waals surface area contributed by atoms with Crippen LogP contribution in [0.25, 0.3) is 22.2 Å². The molecule has 5 nitrogen and oxygen atoms in total. The molecular formula is C28H39N3O2. The molecule has 2 heterocycles. The Labute approximate surface area is 198 Å². The van der Waals surface area contributed by atoms with Crippen molar-refractivity contribution in [3.8, 4) is 11.3 Å². The van der Waals surface area contributed by atoms with Gasteiger partial charge in [0.15, 0.2) is 0 Å². The minimum Gasteiger partial charge on any atom is -0.461 e. The summed E-state index contributed by atoms with van der Waals surface area (Å²) in [5.41, 5.74) is 3.20. The first-order valence-corrected chi connectivity index (χ1v) is 12.6. The Morgan fingerprint density at radius 2 is 1.88 bits per heavy atom. The van der Waals surface area contributed by atoms with Crippen molar-refractivity contribution in [2.24, 2.45) is 5.92 Å². The smallest absolute Gasteiger partial charge is 0.137 e. The molecule has 0 unspecified atom stereocenters. The van der Waals surface area contributed by atoms with E-state index in [0.29, 0.717) is 18.5 Å². The van der Waals surface area contributed by atoms with E-state index in [9.17, 15) is 0 Å². The van der Waals surface area contributed by atoms with Gasteiger partial charge in [0, 0.05) is 31.6 Å². The van der Waals surface area contributed by atoms with Crippen LogP contribution in [-0.2, 0) is 4.74 Å². The Morgan fingerprint density at radius 1 is 1.06 bits per heavy atom. The van der Waals surface area contributed by atoms with Gasteiger partial charge in [0.1, 0.15) is 17.3 Å². The fourth-order valence-corrected chi connectivity index (χ4v) is 5.00. The largest absolute Gasteiger partial charge is 0.461 e. The van der Waals surface area contributed by atoms with Crippen molar-refractivity contribution in [2.45, 2.75) is 71.4 Å². The van der Waals surface area contributed by atoms with Gasteiger partial charge in [-0.25, -0.2) is 4.98 Å². The average Bonchev–Trinajstić information content (AvgIpc) is 3.27. The summed E-state index contributed by atoms with van der Waals surface area (Å²) in [6.45, 7) is 8.04. The highest BCUT2D eigenvalue weighted by Crippen LogP contribution is 2.32. The molecule has 3 aromatic rings. The number of rotatable bonds is 10. The van der Waals surface area contributed by atoms with E-state index in [1.54, 1.807) is 0 Å². The molecule has 1 saturated carbocycles. The van der Waals surface area contributed by atoms with Gasteiger partial charge < -0.3 is 19.8 Å². The van der Waals surface area contributed by atoms with Crippen molar-refractivity contribution in [1.29, 1.82) is 0 Å². The van der Waals surface area contributed by atoms with Crippen molar-refractivity contribution >= 4 is 16.7 Å². The van der Waals surface area contributed by atoms with Crippen molar-refractivity contribution in [1.82, 2.24) is 10.3 Å². The Hall–Kier alpha value is -2.37. The Kier molecular flexibility index (Phi) is 8.05. The molecule has 0 bridgehead atoms. The predicted octanol–water partition coefficient (Wildman–Crippen LogP) is 6.49. The lowest BCUT2D eigenvalue weighted by Gasteiger charge is -2.29. The highest BCUT2D eigenvalue weighted by molar-refractivity contribution is 5.88. The first-order valence-electron chi connectivity index (χ1n) is 12.6. The van der Waals surface area contributed by atoms with Crippen LogP contribution in [0.15, 0.2) is 40.8 Å². The normalized spacial score (nSPS) is 16.7. The number of fused-ring (bicyclic) bond motifs is 1. The first-order chi connectivity index (χ1) is 16.1. The molecule has 5 heteroatoms.